The predicted octanol–water partition coefficient (Wildman–Crippen LogP) is 3.16. The first-order valence-electron chi connectivity index (χ1n) is 4.49. The van der Waals surface area contributed by atoms with Crippen LogP contribution in [0, 0.1) is 0 Å². The van der Waals surface area contributed by atoms with Gasteiger partial charge in [0.15, 0.2) is 0 Å². The Morgan fingerprint density at radius 1 is 1.43 bits per heavy atom. The Morgan fingerprint density at radius 2 is 2.21 bits per heavy atom. The Balaban J connectivity index is 2.92. The van der Waals surface area contributed by atoms with Crippen molar-refractivity contribution in [3.63, 3.8) is 0 Å². The minimum Gasteiger partial charge on any atom is -0.507 e. The van der Waals surface area contributed by atoms with Crippen LogP contribution in [0.1, 0.15) is 12.5 Å². The van der Waals surface area contributed by atoms with Gasteiger partial charge in [-0.3, -0.25) is 0 Å². The summed E-state index contributed by atoms with van der Waals surface area (Å²) in [5, 5.41) is 11.8. The van der Waals surface area contributed by atoms with E-state index in [9.17, 15) is 5.11 Å². The van der Waals surface area contributed by atoms with E-state index < -0.39 is 0 Å². The molecule has 0 amide bonds. The molecule has 14 heavy (non-hydrogen) atoms. The zero-order valence-electron chi connectivity index (χ0n) is 7.79. The summed E-state index contributed by atoms with van der Waals surface area (Å²) >= 11 is 5.94. The fraction of sp³-hybridized carbons (Fsp3) is 0.182. The molecule has 0 aliphatic carbocycles. The first kappa shape index (κ1) is 9.28. The number of halogens is 1. The second-order valence-electron chi connectivity index (χ2n) is 3.13. The van der Waals surface area contributed by atoms with Crippen molar-refractivity contribution in [3.05, 3.63) is 35.1 Å². The number of aromatic hydroxyl groups is 1. The quantitative estimate of drug-likeness (QED) is 0.729. The molecule has 2 rings (SSSR count). The lowest BCUT2D eigenvalue weighted by Crippen LogP contribution is -1.88. The zero-order valence-corrected chi connectivity index (χ0v) is 8.54. The fourth-order valence-corrected chi connectivity index (χ4v) is 1.79. The minimum absolute atomic E-state index is 0.267. The van der Waals surface area contributed by atoms with Gasteiger partial charge in [-0.15, -0.1) is 0 Å². The van der Waals surface area contributed by atoms with Crippen LogP contribution in [-0.4, -0.2) is 10.1 Å². The number of hydrogen-bond acceptors (Lipinski definition) is 2. The highest BCUT2D eigenvalue weighted by molar-refractivity contribution is 6.34. The Labute approximate surface area is 87.2 Å². The molecule has 0 unspecified atom stereocenters. The standard InChI is InChI=1S/C11H10ClNO/c1-2-7-6-13-11(12)8-4-3-5-9(14)10(7)8/h3-6,14H,2H2,1H3. The summed E-state index contributed by atoms with van der Waals surface area (Å²) in [7, 11) is 0. The smallest absolute Gasteiger partial charge is 0.136 e. The van der Waals surface area contributed by atoms with E-state index in [-0.39, 0.29) is 5.75 Å². The first-order valence-corrected chi connectivity index (χ1v) is 4.87. The van der Waals surface area contributed by atoms with E-state index in [1.807, 2.05) is 13.0 Å². The second-order valence-corrected chi connectivity index (χ2v) is 3.49. The number of benzene rings is 1. The average Bonchev–Trinajstić information content (AvgIpc) is 2.20. The van der Waals surface area contributed by atoms with Gasteiger partial charge in [-0.05, 0) is 18.1 Å². The summed E-state index contributed by atoms with van der Waals surface area (Å²) in [5.41, 5.74) is 1.02. The Bertz CT molecular complexity index is 482. The van der Waals surface area contributed by atoms with E-state index in [4.69, 9.17) is 11.6 Å². The SMILES string of the molecule is CCc1cnc(Cl)c2cccc(O)c12. The van der Waals surface area contributed by atoms with Gasteiger partial charge in [-0.1, -0.05) is 30.7 Å². The number of rotatable bonds is 1. The molecule has 3 heteroatoms. The van der Waals surface area contributed by atoms with E-state index in [2.05, 4.69) is 4.98 Å². The Morgan fingerprint density at radius 3 is 2.93 bits per heavy atom. The Kier molecular flexibility index (Phi) is 2.30. The number of fused-ring (bicyclic) bond motifs is 1. The van der Waals surface area contributed by atoms with Crippen molar-refractivity contribution >= 4 is 22.4 Å². The van der Waals surface area contributed by atoms with Crippen molar-refractivity contribution in [2.45, 2.75) is 13.3 Å². The number of aromatic nitrogens is 1. The van der Waals surface area contributed by atoms with E-state index in [1.54, 1.807) is 18.3 Å². The number of hydrogen-bond donors (Lipinski definition) is 1. The average molecular weight is 208 g/mol. The number of aryl methyl sites for hydroxylation is 1. The van der Waals surface area contributed by atoms with E-state index in [0.29, 0.717) is 5.15 Å². The van der Waals surface area contributed by atoms with Crippen LogP contribution in [0.5, 0.6) is 5.75 Å². The van der Waals surface area contributed by atoms with Gasteiger partial charge in [0.05, 0.1) is 0 Å². The molecule has 0 atom stereocenters. The van der Waals surface area contributed by atoms with Crippen LogP contribution in [-0.2, 0) is 6.42 Å². The van der Waals surface area contributed by atoms with Crippen molar-refractivity contribution in [1.29, 1.82) is 0 Å². The van der Waals surface area contributed by atoms with Crippen molar-refractivity contribution in [1.82, 2.24) is 4.98 Å². The van der Waals surface area contributed by atoms with Crippen LogP contribution in [0.3, 0.4) is 0 Å². The van der Waals surface area contributed by atoms with Gasteiger partial charge < -0.3 is 5.11 Å². The molecular weight excluding hydrogens is 198 g/mol. The summed E-state index contributed by atoms with van der Waals surface area (Å²) < 4.78 is 0. The molecule has 0 radical (unpaired) electrons. The first-order chi connectivity index (χ1) is 6.74. The Hall–Kier alpha value is -1.28. The minimum atomic E-state index is 0.267. The predicted molar refractivity (Wildman–Crippen MR) is 57.8 cm³/mol. The summed E-state index contributed by atoms with van der Waals surface area (Å²) in [4.78, 5) is 4.07. The highest BCUT2D eigenvalue weighted by Crippen LogP contribution is 2.31. The van der Waals surface area contributed by atoms with Crippen LogP contribution in [0.15, 0.2) is 24.4 Å². The van der Waals surface area contributed by atoms with E-state index in [0.717, 1.165) is 22.8 Å². The van der Waals surface area contributed by atoms with Crippen molar-refractivity contribution in [3.8, 4) is 5.75 Å². The normalized spacial score (nSPS) is 10.7. The molecule has 0 spiro atoms. The van der Waals surface area contributed by atoms with Crippen LogP contribution in [0.2, 0.25) is 5.15 Å². The van der Waals surface area contributed by atoms with Gasteiger partial charge in [0, 0.05) is 17.0 Å². The highest BCUT2D eigenvalue weighted by atomic mass is 35.5. The third-order valence-corrected chi connectivity index (χ3v) is 2.60. The van der Waals surface area contributed by atoms with E-state index >= 15 is 0 Å². The maximum atomic E-state index is 9.72. The maximum Gasteiger partial charge on any atom is 0.136 e. The molecule has 1 aromatic carbocycles. The molecule has 0 saturated carbocycles. The van der Waals surface area contributed by atoms with Crippen LogP contribution in [0.25, 0.3) is 10.8 Å². The molecule has 0 saturated heterocycles. The zero-order chi connectivity index (χ0) is 10.1. The van der Waals surface area contributed by atoms with Crippen molar-refractivity contribution in [2.24, 2.45) is 0 Å². The van der Waals surface area contributed by atoms with Gasteiger partial charge in [-0.2, -0.15) is 0 Å². The van der Waals surface area contributed by atoms with Crippen molar-refractivity contribution < 1.29 is 5.11 Å². The molecule has 0 fully saturated rings. The van der Waals surface area contributed by atoms with Gasteiger partial charge in [0.25, 0.3) is 0 Å². The molecular formula is C11H10ClNO. The van der Waals surface area contributed by atoms with Crippen molar-refractivity contribution in [2.75, 3.05) is 0 Å². The number of phenolic OH excluding ortho intramolecular Hbond substituents is 1. The number of nitrogens with zero attached hydrogens (tertiary/aromatic N) is 1. The lowest BCUT2D eigenvalue weighted by atomic mass is 10.1. The summed E-state index contributed by atoms with van der Waals surface area (Å²) in [6, 6.07) is 5.30. The molecule has 0 aliphatic rings. The number of phenols is 1. The lowest BCUT2D eigenvalue weighted by molar-refractivity contribution is 0.481. The molecule has 1 heterocycles. The summed E-state index contributed by atoms with van der Waals surface area (Å²) in [6.07, 6.45) is 2.54. The monoisotopic (exact) mass is 207 g/mol. The van der Waals surface area contributed by atoms with Crippen LogP contribution >= 0.6 is 11.6 Å². The lowest BCUT2D eigenvalue weighted by Gasteiger charge is -2.06. The highest BCUT2D eigenvalue weighted by Gasteiger charge is 2.07. The largest absolute Gasteiger partial charge is 0.507 e. The maximum absolute atomic E-state index is 9.72. The molecule has 2 aromatic rings. The summed E-state index contributed by atoms with van der Waals surface area (Å²) in [6.45, 7) is 2.02. The molecule has 0 aliphatic heterocycles. The molecule has 1 N–H and O–H groups in total. The van der Waals surface area contributed by atoms with E-state index in [1.165, 1.54) is 0 Å². The van der Waals surface area contributed by atoms with Crippen LogP contribution < -0.4 is 0 Å². The molecule has 1 aromatic heterocycles. The van der Waals surface area contributed by atoms with Gasteiger partial charge >= 0.3 is 0 Å². The third-order valence-electron chi connectivity index (χ3n) is 2.30. The molecule has 0 bridgehead atoms. The fourth-order valence-electron chi connectivity index (χ4n) is 1.59. The van der Waals surface area contributed by atoms with Gasteiger partial charge in [0.2, 0.25) is 0 Å². The van der Waals surface area contributed by atoms with Gasteiger partial charge in [0.1, 0.15) is 10.9 Å². The van der Waals surface area contributed by atoms with Crippen LogP contribution in [0.4, 0.5) is 0 Å². The molecule has 2 nitrogen and oxygen atoms in total. The van der Waals surface area contributed by atoms with Gasteiger partial charge in [-0.25, -0.2) is 4.98 Å². The second kappa shape index (κ2) is 3.46. The summed E-state index contributed by atoms with van der Waals surface area (Å²) in [5.74, 6) is 0.267. The molecule has 72 valence electrons. The topological polar surface area (TPSA) is 33.1 Å². The number of pyridine rings is 1. The third kappa shape index (κ3) is 1.32.